The standard InChI is InChI=1S/C63H41NOS/c1-63(2)57-24-12-9-21-48(57)49-31-28-39(34-58(49)63)64(40-29-32-51-50-22-10-13-25-59(50)65-60(51)35-40)38-27-30-47-53(33-38)45-19-7-5-17-43(45)41-15-3-4-16-42(41)44-18-6-8-20-46(44)54-36-56-52-23-11-14-26-61(52)66-62(56)37-55(47)54/h3-37H,1-2H3. The predicted molar refractivity (Wildman–Crippen MR) is 284 cm³/mol. The largest absolute Gasteiger partial charge is 0.456 e. The molecule has 310 valence electrons. The van der Waals surface area contributed by atoms with Crippen LogP contribution in [-0.4, -0.2) is 0 Å². The van der Waals surface area contributed by atoms with Gasteiger partial charge in [-0.3, -0.25) is 0 Å². The molecule has 0 atom stereocenters. The van der Waals surface area contributed by atoms with Crippen molar-refractivity contribution in [3.8, 4) is 11.1 Å². The summed E-state index contributed by atoms with van der Waals surface area (Å²) in [7, 11) is 0. The lowest BCUT2D eigenvalue weighted by Gasteiger charge is -2.28. The van der Waals surface area contributed by atoms with Gasteiger partial charge in [0.25, 0.3) is 0 Å². The second-order valence-corrected chi connectivity index (χ2v) is 19.5. The number of anilines is 3. The quantitative estimate of drug-likeness (QED) is 0.176. The minimum Gasteiger partial charge on any atom is -0.456 e. The van der Waals surface area contributed by atoms with Gasteiger partial charge in [-0.05, 0) is 137 Å². The third-order valence-corrected chi connectivity index (χ3v) is 15.6. The SMILES string of the molecule is CC1(C)c2ccccc2-c2ccc(N(c3ccc4c(c3)oc3ccccc34)c3ccc4c(c3)c3ccccc3c3ccccc3c3ccccc3c3cc5c(cc43)sc3ccccc35)cc21. The van der Waals surface area contributed by atoms with Crippen LogP contribution in [0.3, 0.4) is 0 Å². The monoisotopic (exact) mass is 859 g/mol. The van der Waals surface area contributed by atoms with E-state index in [1.54, 1.807) is 0 Å². The van der Waals surface area contributed by atoms with Crippen molar-refractivity contribution in [2.45, 2.75) is 19.3 Å². The zero-order chi connectivity index (χ0) is 43.7. The molecule has 1 aliphatic rings. The Morgan fingerprint density at radius 2 is 0.788 bits per heavy atom. The van der Waals surface area contributed by atoms with Crippen LogP contribution in [0.25, 0.3) is 107 Å². The Hall–Kier alpha value is -7.98. The molecule has 2 aromatic heterocycles. The van der Waals surface area contributed by atoms with Crippen molar-refractivity contribution in [3.05, 3.63) is 223 Å². The molecule has 0 saturated heterocycles. The fourth-order valence-electron chi connectivity index (χ4n) is 11.3. The molecule has 0 fully saturated rings. The van der Waals surface area contributed by atoms with E-state index in [1.807, 2.05) is 17.4 Å². The number of benzene rings is 10. The van der Waals surface area contributed by atoms with Gasteiger partial charge in [0, 0.05) is 59.5 Å². The van der Waals surface area contributed by atoms with Crippen molar-refractivity contribution < 1.29 is 4.42 Å². The smallest absolute Gasteiger partial charge is 0.137 e. The number of fused-ring (bicyclic) bond motifs is 19. The number of para-hydroxylation sites is 1. The Morgan fingerprint density at radius 1 is 0.318 bits per heavy atom. The van der Waals surface area contributed by atoms with Crippen molar-refractivity contribution >= 4 is 124 Å². The molecule has 0 amide bonds. The molecule has 1 aliphatic carbocycles. The van der Waals surface area contributed by atoms with E-state index in [0.717, 1.165) is 39.0 Å². The zero-order valence-corrected chi connectivity index (χ0v) is 37.3. The first-order valence-corrected chi connectivity index (χ1v) is 23.6. The second kappa shape index (κ2) is 14.0. The maximum atomic E-state index is 6.59. The van der Waals surface area contributed by atoms with Crippen molar-refractivity contribution in [2.24, 2.45) is 0 Å². The third kappa shape index (κ3) is 5.41. The molecule has 2 heterocycles. The summed E-state index contributed by atoms with van der Waals surface area (Å²) < 4.78 is 9.18. The number of thiophene rings is 1. The molecule has 0 saturated carbocycles. The highest BCUT2D eigenvalue weighted by atomic mass is 32.1. The van der Waals surface area contributed by atoms with Gasteiger partial charge in [0.2, 0.25) is 0 Å². The normalized spacial score (nSPS) is 13.1. The number of furan rings is 1. The molecule has 11 aromatic carbocycles. The van der Waals surface area contributed by atoms with Crippen LogP contribution >= 0.6 is 11.3 Å². The molecule has 0 aliphatic heterocycles. The average Bonchev–Trinajstić information content (AvgIpc) is 4.00. The minimum atomic E-state index is -0.163. The first-order chi connectivity index (χ1) is 32.5. The highest BCUT2D eigenvalue weighted by Gasteiger charge is 2.36. The molecule has 0 spiro atoms. The molecule has 66 heavy (non-hydrogen) atoms. The average molecular weight is 860 g/mol. The van der Waals surface area contributed by atoms with E-state index in [4.69, 9.17) is 4.42 Å². The number of hydrogen-bond acceptors (Lipinski definition) is 3. The minimum absolute atomic E-state index is 0.163. The Morgan fingerprint density at radius 3 is 1.50 bits per heavy atom. The maximum absolute atomic E-state index is 6.59. The summed E-state index contributed by atoms with van der Waals surface area (Å²) in [6, 6.07) is 78.9. The van der Waals surface area contributed by atoms with Crippen LogP contribution in [0.2, 0.25) is 0 Å². The zero-order valence-electron chi connectivity index (χ0n) is 36.5. The molecule has 0 radical (unpaired) electrons. The third-order valence-electron chi connectivity index (χ3n) is 14.5. The van der Waals surface area contributed by atoms with Crippen LogP contribution < -0.4 is 4.90 Å². The van der Waals surface area contributed by atoms with E-state index in [-0.39, 0.29) is 5.41 Å². The lowest BCUT2D eigenvalue weighted by atomic mass is 9.82. The highest BCUT2D eigenvalue weighted by molar-refractivity contribution is 7.25. The Kier molecular flexibility index (Phi) is 7.94. The van der Waals surface area contributed by atoms with Crippen molar-refractivity contribution in [3.63, 3.8) is 0 Å². The Labute approximate surface area is 385 Å². The van der Waals surface area contributed by atoms with Crippen LogP contribution in [0.5, 0.6) is 0 Å². The van der Waals surface area contributed by atoms with Gasteiger partial charge in [-0.2, -0.15) is 0 Å². The molecular weight excluding hydrogens is 819 g/mol. The van der Waals surface area contributed by atoms with Gasteiger partial charge < -0.3 is 9.32 Å². The molecule has 0 unspecified atom stereocenters. The summed E-state index contributed by atoms with van der Waals surface area (Å²) in [6.45, 7) is 4.72. The van der Waals surface area contributed by atoms with Crippen LogP contribution in [0.1, 0.15) is 25.0 Å². The fraction of sp³-hybridized carbons (Fsp3) is 0.0476. The van der Waals surface area contributed by atoms with E-state index in [9.17, 15) is 0 Å². The summed E-state index contributed by atoms with van der Waals surface area (Å²) in [5.41, 5.74) is 10.1. The van der Waals surface area contributed by atoms with E-state index < -0.39 is 0 Å². The Balaban J connectivity index is 1.13. The van der Waals surface area contributed by atoms with Crippen molar-refractivity contribution in [2.75, 3.05) is 4.90 Å². The molecule has 13 aromatic rings. The van der Waals surface area contributed by atoms with E-state index in [1.165, 1.54) is 96.3 Å². The predicted octanol–water partition coefficient (Wildman–Crippen LogP) is 18.6. The van der Waals surface area contributed by atoms with Gasteiger partial charge in [-0.1, -0.05) is 159 Å². The summed E-state index contributed by atoms with van der Waals surface area (Å²) in [5, 5.41) is 17.0. The van der Waals surface area contributed by atoms with Gasteiger partial charge in [-0.15, -0.1) is 11.3 Å². The summed E-state index contributed by atoms with van der Waals surface area (Å²) in [5.74, 6) is 0. The first kappa shape index (κ1) is 37.4. The molecule has 0 bridgehead atoms. The van der Waals surface area contributed by atoms with Gasteiger partial charge >= 0.3 is 0 Å². The summed E-state index contributed by atoms with van der Waals surface area (Å²) >= 11 is 1.88. The van der Waals surface area contributed by atoms with Crippen LogP contribution in [0.4, 0.5) is 17.1 Å². The lowest BCUT2D eigenvalue weighted by molar-refractivity contribution is 0.660. The molecule has 3 heteroatoms. The van der Waals surface area contributed by atoms with Crippen LogP contribution in [0, 0.1) is 0 Å². The summed E-state index contributed by atoms with van der Waals surface area (Å²) in [4.78, 5) is 2.44. The van der Waals surface area contributed by atoms with Crippen molar-refractivity contribution in [1.82, 2.24) is 0 Å². The van der Waals surface area contributed by atoms with E-state index in [2.05, 4.69) is 225 Å². The second-order valence-electron chi connectivity index (χ2n) is 18.4. The molecular formula is C63H41NOS. The van der Waals surface area contributed by atoms with Crippen LogP contribution in [0.15, 0.2) is 217 Å². The highest BCUT2D eigenvalue weighted by Crippen LogP contribution is 2.51. The van der Waals surface area contributed by atoms with Crippen LogP contribution in [-0.2, 0) is 5.41 Å². The van der Waals surface area contributed by atoms with E-state index >= 15 is 0 Å². The Bertz CT molecular complexity index is 4280. The van der Waals surface area contributed by atoms with E-state index in [0.29, 0.717) is 0 Å². The van der Waals surface area contributed by atoms with Gasteiger partial charge in [0.15, 0.2) is 0 Å². The van der Waals surface area contributed by atoms with Gasteiger partial charge in [0.1, 0.15) is 11.2 Å². The maximum Gasteiger partial charge on any atom is 0.137 e. The van der Waals surface area contributed by atoms with Gasteiger partial charge in [0.05, 0.1) is 0 Å². The number of hydrogen-bond donors (Lipinski definition) is 0. The number of nitrogens with zero attached hydrogens (tertiary/aromatic N) is 1. The topological polar surface area (TPSA) is 16.4 Å². The summed E-state index contributed by atoms with van der Waals surface area (Å²) in [6.07, 6.45) is 0. The number of rotatable bonds is 3. The molecule has 14 rings (SSSR count). The molecule has 2 nitrogen and oxygen atoms in total. The van der Waals surface area contributed by atoms with Crippen molar-refractivity contribution in [1.29, 1.82) is 0 Å². The molecule has 0 N–H and O–H groups in total. The first-order valence-electron chi connectivity index (χ1n) is 22.8. The van der Waals surface area contributed by atoms with Gasteiger partial charge in [-0.25, -0.2) is 0 Å². The lowest BCUT2D eigenvalue weighted by Crippen LogP contribution is -2.16. The fourth-order valence-corrected chi connectivity index (χ4v) is 12.5.